The van der Waals surface area contributed by atoms with Gasteiger partial charge < -0.3 is 19.3 Å². The normalized spacial score (nSPS) is 12.5. The Morgan fingerprint density at radius 3 is 2.69 bits per heavy atom. The Hall–Kier alpha value is -3.30. The first-order valence-electron chi connectivity index (χ1n) is 10.1. The van der Waals surface area contributed by atoms with Crippen LogP contribution in [-0.2, 0) is 11.2 Å². The lowest BCUT2D eigenvalue weighted by Gasteiger charge is -2.21. The molecular formula is C23H19N3O4S2. The summed E-state index contributed by atoms with van der Waals surface area (Å²) in [6.45, 7) is 0.987. The Kier molecular flexibility index (Phi) is 6.09. The van der Waals surface area contributed by atoms with E-state index in [1.165, 1.54) is 0 Å². The molecule has 0 atom stereocenters. The third-order valence-electron chi connectivity index (χ3n) is 4.70. The standard InChI is InChI=1S/C23H19N3O4S2/c27-21(6-7-22-25-23(26-30-22)15-8-11-31-14-15)24-17-12-18-19(29-10-9-28-18)13-20(17)32-16-4-2-1-3-5-16/h1-5,8,11-14H,6-7,9-10H2,(H,24,27). The van der Waals surface area contributed by atoms with Gasteiger partial charge in [0.25, 0.3) is 0 Å². The monoisotopic (exact) mass is 465 g/mol. The molecule has 3 heterocycles. The van der Waals surface area contributed by atoms with Crippen LogP contribution in [0.25, 0.3) is 11.4 Å². The second-order valence-electron chi connectivity index (χ2n) is 6.98. The highest BCUT2D eigenvalue weighted by Crippen LogP contribution is 2.42. The van der Waals surface area contributed by atoms with E-state index in [-0.39, 0.29) is 12.3 Å². The number of hydrogen-bond acceptors (Lipinski definition) is 8. The number of hydrogen-bond donors (Lipinski definition) is 1. The summed E-state index contributed by atoms with van der Waals surface area (Å²) in [6.07, 6.45) is 0.573. The molecule has 162 valence electrons. The van der Waals surface area contributed by atoms with Crippen molar-refractivity contribution in [3.63, 3.8) is 0 Å². The van der Waals surface area contributed by atoms with Gasteiger partial charge >= 0.3 is 0 Å². The number of aromatic nitrogens is 2. The van der Waals surface area contributed by atoms with Gasteiger partial charge in [0.05, 0.1) is 5.69 Å². The zero-order valence-electron chi connectivity index (χ0n) is 16.9. The van der Waals surface area contributed by atoms with Crippen LogP contribution in [0.15, 0.2) is 73.6 Å². The quantitative estimate of drug-likeness (QED) is 0.397. The van der Waals surface area contributed by atoms with E-state index in [2.05, 4.69) is 15.5 Å². The highest BCUT2D eigenvalue weighted by Gasteiger charge is 2.19. The molecule has 1 N–H and O–H groups in total. The molecule has 32 heavy (non-hydrogen) atoms. The van der Waals surface area contributed by atoms with E-state index < -0.39 is 0 Å². The van der Waals surface area contributed by atoms with Crippen LogP contribution in [0, 0.1) is 0 Å². The molecule has 0 unspecified atom stereocenters. The summed E-state index contributed by atoms with van der Waals surface area (Å²) in [5.74, 6) is 2.13. The Morgan fingerprint density at radius 1 is 1.09 bits per heavy atom. The van der Waals surface area contributed by atoms with E-state index in [0.29, 0.717) is 48.5 Å². The smallest absolute Gasteiger partial charge is 0.227 e. The number of carbonyl (C=O) groups is 1. The molecule has 1 aliphatic rings. The van der Waals surface area contributed by atoms with E-state index >= 15 is 0 Å². The highest BCUT2D eigenvalue weighted by molar-refractivity contribution is 7.99. The SMILES string of the molecule is O=C(CCc1nc(-c2ccsc2)no1)Nc1cc2c(cc1Sc1ccccc1)OCCO2. The number of nitrogens with zero attached hydrogens (tertiary/aromatic N) is 2. The first-order chi connectivity index (χ1) is 15.7. The highest BCUT2D eigenvalue weighted by atomic mass is 32.2. The van der Waals surface area contributed by atoms with Crippen molar-refractivity contribution < 1.29 is 18.8 Å². The summed E-state index contributed by atoms with van der Waals surface area (Å²) in [5, 5.41) is 10.9. The van der Waals surface area contributed by atoms with E-state index in [9.17, 15) is 4.79 Å². The molecule has 7 nitrogen and oxygen atoms in total. The molecule has 0 bridgehead atoms. The van der Waals surface area contributed by atoms with Gasteiger partial charge in [-0.1, -0.05) is 35.1 Å². The summed E-state index contributed by atoms with van der Waals surface area (Å²) in [5.41, 5.74) is 1.59. The van der Waals surface area contributed by atoms with E-state index in [1.807, 2.05) is 59.3 Å². The molecule has 1 aliphatic heterocycles. The molecule has 5 rings (SSSR count). The van der Waals surface area contributed by atoms with Crippen LogP contribution >= 0.6 is 23.1 Å². The maximum atomic E-state index is 12.7. The van der Waals surface area contributed by atoms with Crippen molar-refractivity contribution in [2.75, 3.05) is 18.5 Å². The van der Waals surface area contributed by atoms with E-state index in [4.69, 9.17) is 14.0 Å². The third-order valence-corrected chi connectivity index (χ3v) is 6.45. The second-order valence-corrected chi connectivity index (χ2v) is 8.87. The van der Waals surface area contributed by atoms with Crippen molar-refractivity contribution in [3.8, 4) is 22.9 Å². The average molecular weight is 466 g/mol. The first-order valence-corrected chi connectivity index (χ1v) is 11.8. The van der Waals surface area contributed by atoms with Gasteiger partial charge in [0.2, 0.25) is 17.6 Å². The summed E-state index contributed by atoms with van der Waals surface area (Å²) < 4.78 is 16.7. The molecule has 4 aromatic rings. The van der Waals surface area contributed by atoms with Gasteiger partial charge in [0.1, 0.15) is 13.2 Å². The Balaban J connectivity index is 1.29. The molecule has 2 aromatic heterocycles. The Bertz CT molecular complexity index is 1210. The fraction of sp³-hybridized carbons (Fsp3) is 0.174. The topological polar surface area (TPSA) is 86.5 Å². The predicted molar refractivity (Wildman–Crippen MR) is 123 cm³/mol. The van der Waals surface area contributed by atoms with Gasteiger partial charge in [0.15, 0.2) is 11.5 Å². The van der Waals surface area contributed by atoms with Crippen molar-refractivity contribution in [2.45, 2.75) is 22.6 Å². The molecule has 0 aliphatic carbocycles. The lowest BCUT2D eigenvalue weighted by molar-refractivity contribution is -0.116. The van der Waals surface area contributed by atoms with Crippen LogP contribution in [0.4, 0.5) is 5.69 Å². The Morgan fingerprint density at radius 2 is 1.91 bits per heavy atom. The molecule has 0 fully saturated rings. The van der Waals surface area contributed by atoms with Crippen molar-refractivity contribution in [3.05, 3.63) is 65.2 Å². The molecule has 0 spiro atoms. The van der Waals surface area contributed by atoms with Gasteiger partial charge in [-0.25, -0.2) is 0 Å². The zero-order valence-corrected chi connectivity index (χ0v) is 18.6. The molecule has 2 aromatic carbocycles. The number of thiophene rings is 1. The van der Waals surface area contributed by atoms with Crippen molar-refractivity contribution in [1.82, 2.24) is 10.1 Å². The van der Waals surface area contributed by atoms with Gasteiger partial charge in [-0.05, 0) is 23.6 Å². The van der Waals surface area contributed by atoms with Crippen LogP contribution in [-0.4, -0.2) is 29.3 Å². The number of rotatable bonds is 7. The second kappa shape index (κ2) is 9.46. The third kappa shape index (κ3) is 4.79. The largest absolute Gasteiger partial charge is 0.486 e. The van der Waals surface area contributed by atoms with Crippen LogP contribution in [0.1, 0.15) is 12.3 Å². The van der Waals surface area contributed by atoms with E-state index in [1.54, 1.807) is 23.1 Å². The lowest BCUT2D eigenvalue weighted by Crippen LogP contribution is -2.17. The zero-order chi connectivity index (χ0) is 21.8. The number of nitrogens with one attached hydrogen (secondary N) is 1. The fourth-order valence-corrected chi connectivity index (χ4v) is 4.73. The molecule has 0 saturated carbocycles. The minimum Gasteiger partial charge on any atom is -0.486 e. The lowest BCUT2D eigenvalue weighted by atomic mass is 10.2. The minimum atomic E-state index is -0.146. The number of amides is 1. The summed E-state index contributed by atoms with van der Waals surface area (Å²) >= 11 is 3.12. The predicted octanol–water partition coefficient (Wildman–Crippen LogP) is 5.29. The van der Waals surface area contributed by atoms with Crippen molar-refractivity contribution in [2.24, 2.45) is 0 Å². The Labute approximate surface area is 192 Å². The molecule has 9 heteroatoms. The number of fused-ring (bicyclic) bond motifs is 1. The van der Waals surface area contributed by atoms with Crippen molar-refractivity contribution in [1.29, 1.82) is 0 Å². The fourth-order valence-electron chi connectivity index (χ4n) is 3.17. The number of ether oxygens (including phenoxy) is 2. The maximum absolute atomic E-state index is 12.7. The summed E-state index contributed by atoms with van der Waals surface area (Å²) in [4.78, 5) is 19.0. The molecule has 0 saturated heterocycles. The number of aryl methyl sites for hydroxylation is 1. The van der Waals surface area contributed by atoms with Crippen molar-refractivity contribution >= 4 is 34.7 Å². The van der Waals surface area contributed by atoms with Crippen LogP contribution in [0.3, 0.4) is 0 Å². The van der Waals surface area contributed by atoms with Crippen LogP contribution in [0.2, 0.25) is 0 Å². The van der Waals surface area contributed by atoms with Crippen LogP contribution in [0.5, 0.6) is 11.5 Å². The van der Waals surface area contributed by atoms with Gasteiger partial charge in [0, 0.05) is 45.7 Å². The molecular weight excluding hydrogens is 446 g/mol. The molecule has 1 amide bonds. The molecule has 0 radical (unpaired) electrons. The van der Waals surface area contributed by atoms with E-state index in [0.717, 1.165) is 15.4 Å². The van der Waals surface area contributed by atoms with Gasteiger partial charge in [-0.2, -0.15) is 16.3 Å². The maximum Gasteiger partial charge on any atom is 0.227 e. The first kappa shape index (κ1) is 20.6. The number of benzene rings is 2. The minimum absolute atomic E-state index is 0.146. The summed E-state index contributed by atoms with van der Waals surface area (Å²) in [6, 6.07) is 15.6. The van der Waals surface area contributed by atoms with Gasteiger partial charge in [-0.3, -0.25) is 4.79 Å². The average Bonchev–Trinajstić information content (AvgIpc) is 3.51. The number of anilines is 1. The summed E-state index contributed by atoms with van der Waals surface area (Å²) in [7, 11) is 0. The van der Waals surface area contributed by atoms with Gasteiger partial charge in [-0.15, -0.1) is 0 Å². The van der Waals surface area contributed by atoms with Crippen LogP contribution < -0.4 is 14.8 Å². The number of carbonyl (C=O) groups excluding carboxylic acids is 1.